The Kier molecular flexibility index (Phi) is 7.01. The summed E-state index contributed by atoms with van der Waals surface area (Å²) in [6.07, 6.45) is -0.207. The first-order chi connectivity index (χ1) is 12.6. The molecule has 0 saturated heterocycles. The van der Waals surface area contributed by atoms with Crippen LogP contribution in [0.2, 0.25) is 0 Å². The van der Waals surface area contributed by atoms with E-state index in [-0.39, 0.29) is 24.8 Å². The van der Waals surface area contributed by atoms with Gasteiger partial charge in [0.25, 0.3) is 5.91 Å². The number of carbonyl (C=O) groups is 2. The zero-order valence-corrected chi connectivity index (χ0v) is 14.3. The summed E-state index contributed by atoms with van der Waals surface area (Å²) >= 11 is 0. The largest absolute Gasteiger partial charge is 0.494 e. The average Bonchev–Trinajstić information content (AvgIpc) is 2.63. The highest BCUT2D eigenvalue weighted by Crippen LogP contribution is 2.18. The number of carbonyl (C=O) groups excluding carboxylic acids is 2. The molecule has 0 aliphatic rings. The van der Waals surface area contributed by atoms with E-state index in [0.29, 0.717) is 23.7 Å². The maximum atomic E-state index is 11.9. The van der Waals surface area contributed by atoms with E-state index in [9.17, 15) is 9.59 Å². The smallest absolute Gasteiger partial charge is 0.262 e. The van der Waals surface area contributed by atoms with E-state index in [0.717, 1.165) is 5.75 Å². The van der Waals surface area contributed by atoms with E-state index in [4.69, 9.17) is 14.7 Å². The lowest BCUT2D eigenvalue weighted by atomic mass is 10.2. The Bertz CT molecular complexity index is 780. The highest BCUT2D eigenvalue weighted by atomic mass is 16.5. The van der Waals surface area contributed by atoms with Gasteiger partial charge in [0.1, 0.15) is 17.9 Å². The molecule has 7 heteroatoms. The third-order valence-electron chi connectivity index (χ3n) is 3.20. The number of ether oxygens (including phenoxy) is 2. The van der Waals surface area contributed by atoms with Gasteiger partial charge in [0.05, 0.1) is 12.7 Å². The van der Waals surface area contributed by atoms with Gasteiger partial charge in [-0.3, -0.25) is 9.59 Å². The van der Waals surface area contributed by atoms with Crippen LogP contribution in [0.3, 0.4) is 0 Å². The molecule has 2 N–H and O–H groups in total. The minimum atomic E-state index is -0.381. The molecule has 0 aromatic heterocycles. The lowest BCUT2D eigenvalue weighted by Gasteiger charge is -2.09. The molecule has 26 heavy (non-hydrogen) atoms. The molecular formula is C19H19N3O4. The van der Waals surface area contributed by atoms with Crippen molar-refractivity contribution in [2.45, 2.75) is 13.3 Å². The molecule has 2 aromatic carbocycles. The first-order valence-electron chi connectivity index (χ1n) is 8.03. The monoisotopic (exact) mass is 353 g/mol. The number of nitriles is 1. The van der Waals surface area contributed by atoms with Crippen molar-refractivity contribution in [3.63, 3.8) is 0 Å². The second kappa shape index (κ2) is 9.69. The zero-order valence-electron chi connectivity index (χ0n) is 14.3. The Morgan fingerprint density at radius 3 is 1.88 bits per heavy atom. The lowest BCUT2D eigenvalue weighted by molar-refractivity contribution is -0.118. The van der Waals surface area contributed by atoms with Crippen LogP contribution in [0.5, 0.6) is 11.5 Å². The third-order valence-corrected chi connectivity index (χ3v) is 3.20. The Morgan fingerprint density at radius 1 is 0.885 bits per heavy atom. The maximum absolute atomic E-state index is 11.9. The first-order valence-corrected chi connectivity index (χ1v) is 8.03. The minimum Gasteiger partial charge on any atom is -0.494 e. The summed E-state index contributed by atoms with van der Waals surface area (Å²) in [4.78, 5) is 23.3. The number of anilines is 2. The summed E-state index contributed by atoms with van der Waals surface area (Å²) in [6.45, 7) is 2.36. The van der Waals surface area contributed by atoms with Crippen LogP contribution in [0.15, 0.2) is 48.5 Å². The van der Waals surface area contributed by atoms with Gasteiger partial charge in [0.2, 0.25) is 5.91 Å². The summed E-state index contributed by atoms with van der Waals surface area (Å²) in [7, 11) is 0. The van der Waals surface area contributed by atoms with Crippen LogP contribution in [0.25, 0.3) is 0 Å². The molecule has 0 atom stereocenters. The molecule has 0 heterocycles. The topological polar surface area (TPSA) is 100 Å². The van der Waals surface area contributed by atoms with Crippen LogP contribution >= 0.6 is 0 Å². The molecule has 0 spiro atoms. The fourth-order valence-corrected chi connectivity index (χ4v) is 2.06. The molecule has 0 bridgehead atoms. The summed E-state index contributed by atoms with van der Waals surface area (Å²) < 4.78 is 10.8. The number of hydrogen-bond acceptors (Lipinski definition) is 5. The van der Waals surface area contributed by atoms with Gasteiger partial charge < -0.3 is 20.1 Å². The molecule has 2 rings (SSSR count). The molecule has 2 aromatic rings. The van der Waals surface area contributed by atoms with Crippen LogP contribution in [0, 0.1) is 11.3 Å². The molecule has 7 nitrogen and oxygen atoms in total. The molecule has 0 radical (unpaired) electrons. The third kappa shape index (κ3) is 6.17. The summed E-state index contributed by atoms with van der Waals surface area (Å²) in [5.41, 5.74) is 1.12. The van der Waals surface area contributed by atoms with Crippen LogP contribution in [0.4, 0.5) is 11.4 Å². The lowest BCUT2D eigenvalue weighted by Crippen LogP contribution is -2.20. The van der Waals surface area contributed by atoms with E-state index in [1.807, 2.05) is 6.92 Å². The Hall–Kier alpha value is -3.53. The van der Waals surface area contributed by atoms with E-state index < -0.39 is 0 Å². The Balaban J connectivity index is 1.80. The van der Waals surface area contributed by atoms with Crippen molar-refractivity contribution in [1.82, 2.24) is 0 Å². The highest BCUT2D eigenvalue weighted by Gasteiger charge is 2.05. The SMILES string of the molecule is CCOc1ccc(OCC(=O)Nc2ccc(NC(=O)CC#N)cc2)cc1. The molecule has 134 valence electrons. The van der Waals surface area contributed by atoms with Crippen LogP contribution in [0.1, 0.15) is 13.3 Å². The number of amides is 2. The van der Waals surface area contributed by atoms with Crippen molar-refractivity contribution in [2.24, 2.45) is 0 Å². The van der Waals surface area contributed by atoms with Gasteiger partial charge in [0.15, 0.2) is 6.61 Å². The average molecular weight is 353 g/mol. The van der Waals surface area contributed by atoms with Crippen molar-refractivity contribution in [3.8, 4) is 17.6 Å². The number of hydrogen-bond donors (Lipinski definition) is 2. The molecule has 0 unspecified atom stereocenters. The summed E-state index contributed by atoms with van der Waals surface area (Å²) in [5, 5.41) is 13.7. The fraction of sp³-hybridized carbons (Fsp3) is 0.211. The van der Waals surface area contributed by atoms with Crippen molar-refractivity contribution in [2.75, 3.05) is 23.8 Å². The number of nitrogens with one attached hydrogen (secondary N) is 2. The van der Waals surface area contributed by atoms with Crippen LogP contribution < -0.4 is 20.1 Å². The predicted molar refractivity (Wildman–Crippen MR) is 97.0 cm³/mol. The first kappa shape index (κ1) is 18.8. The number of nitrogens with zero attached hydrogens (tertiary/aromatic N) is 1. The van der Waals surface area contributed by atoms with Crippen molar-refractivity contribution in [1.29, 1.82) is 5.26 Å². The van der Waals surface area contributed by atoms with Crippen molar-refractivity contribution < 1.29 is 19.1 Å². The predicted octanol–water partition coefficient (Wildman–Crippen LogP) is 2.95. The second-order valence-corrected chi connectivity index (χ2v) is 5.20. The Labute approximate surface area is 151 Å². The second-order valence-electron chi connectivity index (χ2n) is 5.20. The van der Waals surface area contributed by atoms with Gasteiger partial charge in [-0.2, -0.15) is 5.26 Å². The van der Waals surface area contributed by atoms with Gasteiger partial charge in [0, 0.05) is 11.4 Å². The molecule has 0 fully saturated rings. The maximum Gasteiger partial charge on any atom is 0.262 e. The van der Waals surface area contributed by atoms with Gasteiger partial charge in [-0.05, 0) is 55.5 Å². The van der Waals surface area contributed by atoms with Gasteiger partial charge in [-0.1, -0.05) is 0 Å². The highest BCUT2D eigenvalue weighted by molar-refractivity contribution is 5.94. The zero-order chi connectivity index (χ0) is 18.8. The fourth-order valence-electron chi connectivity index (χ4n) is 2.06. The standard InChI is InChI=1S/C19H19N3O4/c1-2-25-16-7-9-17(10-8-16)26-13-19(24)22-15-5-3-14(4-6-15)21-18(23)11-12-20/h3-10H,2,11,13H2,1H3,(H,21,23)(H,22,24). The van der Waals surface area contributed by atoms with Gasteiger partial charge in [-0.15, -0.1) is 0 Å². The van der Waals surface area contributed by atoms with E-state index in [2.05, 4.69) is 10.6 Å². The summed E-state index contributed by atoms with van der Waals surface area (Å²) in [5.74, 6) is 0.624. The summed E-state index contributed by atoms with van der Waals surface area (Å²) in [6, 6.07) is 15.4. The number of benzene rings is 2. The normalized spacial score (nSPS) is 9.69. The van der Waals surface area contributed by atoms with Crippen LogP contribution in [-0.4, -0.2) is 25.0 Å². The van der Waals surface area contributed by atoms with Gasteiger partial charge in [-0.25, -0.2) is 0 Å². The van der Waals surface area contributed by atoms with Crippen molar-refractivity contribution >= 4 is 23.2 Å². The van der Waals surface area contributed by atoms with E-state index in [1.165, 1.54) is 0 Å². The molecule has 2 amide bonds. The quantitative estimate of drug-likeness (QED) is 0.760. The minimum absolute atomic E-state index is 0.130. The molecule has 0 aliphatic heterocycles. The van der Waals surface area contributed by atoms with E-state index >= 15 is 0 Å². The van der Waals surface area contributed by atoms with Gasteiger partial charge >= 0.3 is 0 Å². The van der Waals surface area contributed by atoms with Crippen molar-refractivity contribution in [3.05, 3.63) is 48.5 Å². The van der Waals surface area contributed by atoms with E-state index in [1.54, 1.807) is 54.6 Å². The molecule has 0 aliphatic carbocycles. The molecular weight excluding hydrogens is 334 g/mol. The molecule has 0 saturated carbocycles. The Morgan fingerprint density at radius 2 is 1.38 bits per heavy atom. The van der Waals surface area contributed by atoms with Crippen LogP contribution in [-0.2, 0) is 9.59 Å². The number of rotatable bonds is 8.